The molecule has 3 N–H and O–H groups in total. The predicted octanol–water partition coefficient (Wildman–Crippen LogP) is 6.14. The minimum Gasteiger partial charge on any atom is -0.396 e. The Hall–Kier alpha value is -7.97. The summed E-state index contributed by atoms with van der Waals surface area (Å²) in [6.07, 6.45) is 13.6. The third kappa shape index (κ3) is 8.95. The van der Waals surface area contributed by atoms with Gasteiger partial charge < -0.3 is 5.73 Å². The number of pyridine rings is 6. The number of halogens is 2. The molecule has 21 heteroatoms. The first kappa shape index (κ1) is 42.2. The summed E-state index contributed by atoms with van der Waals surface area (Å²) in [5.41, 5.74) is 12.1. The smallest absolute Gasteiger partial charge is 0.259 e. The largest absolute Gasteiger partial charge is 0.396 e. The van der Waals surface area contributed by atoms with Crippen molar-refractivity contribution in [2.45, 2.75) is 0 Å². The van der Waals surface area contributed by atoms with Gasteiger partial charge in [-0.1, -0.05) is 23.2 Å². The number of nitrogen functional groups attached to an aromatic ring is 1. The molecule has 8 rings (SSSR count). The average molecular weight is 886 g/mol. The van der Waals surface area contributed by atoms with Crippen molar-refractivity contribution < 1.29 is 18.0 Å². The van der Waals surface area contributed by atoms with Gasteiger partial charge >= 0.3 is 0 Å². The van der Waals surface area contributed by atoms with Crippen LogP contribution >= 0.6 is 23.2 Å². The number of nitrogens with one attached hydrogen (secondary N) is 1. The summed E-state index contributed by atoms with van der Waals surface area (Å²) in [5.74, 6) is 0.282. The molecule has 0 radical (unpaired) electrons. The molecule has 0 spiro atoms. The molecule has 62 heavy (non-hydrogen) atoms. The monoisotopic (exact) mass is 884 g/mol. The Kier molecular flexibility index (Phi) is 11.8. The van der Waals surface area contributed by atoms with Gasteiger partial charge in [-0.2, -0.15) is 20.7 Å². The quantitative estimate of drug-likeness (QED) is 0.163. The zero-order valence-electron chi connectivity index (χ0n) is 32.6. The second-order valence-corrected chi connectivity index (χ2v) is 15.9. The molecular weight excluding hydrogens is 856 g/mol. The molecule has 0 fully saturated rings. The molecule has 0 aromatic carbocycles. The summed E-state index contributed by atoms with van der Waals surface area (Å²) in [4.78, 5) is 45.3. The van der Waals surface area contributed by atoms with Gasteiger partial charge in [0.1, 0.15) is 23.8 Å². The summed E-state index contributed by atoms with van der Waals surface area (Å²) >= 11 is 11.9. The van der Waals surface area contributed by atoms with E-state index in [4.69, 9.17) is 39.5 Å². The third-order valence-corrected chi connectivity index (χ3v) is 10.4. The molecule has 0 bridgehead atoms. The van der Waals surface area contributed by atoms with Crippen LogP contribution in [-0.4, -0.2) is 79.7 Å². The van der Waals surface area contributed by atoms with Crippen LogP contribution in [0.1, 0.15) is 31.8 Å². The van der Waals surface area contributed by atoms with Crippen LogP contribution in [-0.2, 0) is 10.0 Å². The Morgan fingerprint density at radius 3 is 1.56 bits per heavy atom. The Morgan fingerprint density at radius 2 is 1.15 bits per heavy atom. The number of amides is 2. The molecule has 0 aliphatic heterocycles. The highest BCUT2D eigenvalue weighted by Gasteiger charge is 2.20. The summed E-state index contributed by atoms with van der Waals surface area (Å²) in [7, 11) is -0.341. The maximum Gasteiger partial charge on any atom is 0.259 e. The van der Waals surface area contributed by atoms with Crippen molar-refractivity contribution in [2.75, 3.05) is 40.6 Å². The molecule has 0 unspecified atom stereocenters. The van der Waals surface area contributed by atoms with Gasteiger partial charge in [0.15, 0.2) is 10.3 Å². The lowest BCUT2D eigenvalue weighted by Gasteiger charge is -2.16. The lowest BCUT2D eigenvalue weighted by atomic mass is 10.1. The van der Waals surface area contributed by atoms with E-state index in [1.807, 2.05) is 12.1 Å². The molecular formula is C41H30Cl2N14O4S. The molecule has 8 aromatic heterocycles. The topological polar surface area (TPSA) is 247 Å². The van der Waals surface area contributed by atoms with Gasteiger partial charge in [-0.05, 0) is 60.7 Å². The van der Waals surface area contributed by atoms with Crippen LogP contribution in [0, 0.1) is 22.7 Å². The molecule has 8 aromatic rings. The Labute approximate surface area is 363 Å². The standard InChI is InChI=1S/C21H16ClN7O3S.C20H14ClN7O/c1-28(19-4-3-13(9-23)10-24-19)21(30)14-5-6-29-18(8-14)16(12-26-29)15-7-17(20(22)25-11-15)27-33(2,31)32;1-27(18-3-2-12(8-22)9-24-18)20(29)13-4-5-28-17(7-13)15(11-26-28)14-6-16(23)19(21)25-10-14/h3-8,10-12,27H,1-2H3;2-7,9-11H,23H2,1H3. The first-order valence-electron chi connectivity index (χ1n) is 17.9. The van der Waals surface area contributed by atoms with Gasteiger partial charge in [0.25, 0.3) is 11.8 Å². The number of carbonyl (C=O) groups is 2. The number of nitrogens with two attached hydrogens (primary N) is 1. The van der Waals surface area contributed by atoms with Crippen molar-refractivity contribution in [3.63, 3.8) is 0 Å². The molecule has 8 heterocycles. The first-order chi connectivity index (χ1) is 29.6. The molecule has 18 nitrogen and oxygen atoms in total. The number of carbonyl (C=O) groups excluding carboxylic acids is 2. The zero-order valence-corrected chi connectivity index (χ0v) is 35.0. The van der Waals surface area contributed by atoms with Crippen molar-refractivity contribution in [1.29, 1.82) is 10.5 Å². The summed E-state index contributed by atoms with van der Waals surface area (Å²) in [5, 5.41) is 26.7. The molecule has 2 amide bonds. The van der Waals surface area contributed by atoms with Gasteiger partial charge in [0, 0.05) is 84.7 Å². The van der Waals surface area contributed by atoms with Crippen molar-refractivity contribution in [2.24, 2.45) is 0 Å². The van der Waals surface area contributed by atoms with Crippen molar-refractivity contribution in [3.05, 3.63) is 143 Å². The second kappa shape index (κ2) is 17.3. The van der Waals surface area contributed by atoms with Gasteiger partial charge in [-0.15, -0.1) is 0 Å². The van der Waals surface area contributed by atoms with Crippen molar-refractivity contribution in [3.8, 4) is 34.4 Å². The van der Waals surface area contributed by atoms with Crippen LogP contribution in [0.2, 0.25) is 10.3 Å². The number of hydrogen-bond donors (Lipinski definition) is 2. The van der Waals surface area contributed by atoms with E-state index < -0.39 is 10.0 Å². The highest BCUT2D eigenvalue weighted by atomic mass is 35.5. The van der Waals surface area contributed by atoms with Gasteiger partial charge in [-0.3, -0.25) is 24.1 Å². The minimum absolute atomic E-state index is 0.00746. The molecule has 0 saturated heterocycles. The molecule has 0 aliphatic carbocycles. The highest BCUT2D eigenvalue weighted by molar-refractivity contribution is 7.92. The van der Waals surface area contributed by atoms with E-state index in [0.29, 0.717) is 56.2 Å². The number of nitriles is 2. The van der Waals surface area contributed by atoms with Crippen LogP contribution < -0.4 is 20.3 Å². The third-order valence-electron chi connectivity index (χ3n) is 9.21. The fourth-order valence-corrected chi connectivity index (χ4v) is 6.91. The predicted molar refractivity (Wildman–Crippen MR) is 233 cm³/mol. The minimum atomic E-state index is -3.56. The van der Waals surface area contributed by atoms with E-state index in [2.05, 4.69) is 34.9 Å². The van der Waals surface area contributed by atoms with E-state index in [1.54, 1.807) is 115 Å². The molecule has 0 aliphatic rings. The van der Waals surface area contributed by atoms with Crippen LogP contribution in [0.15, 0.2) is 110 Å². The summed E-state index contributed by atoms with van der Waals surface area (Å²) < 4.78 is 28.8. The van der Waals surface area contributed by atoms with Crippen LogP contribution in [0.4, 0.5) is 23.0 Å². The van der Waals surface area contributed by atoms with E-state index >= 15 is 0 Å². The number of nitrogens with zero attached hydrogens (tertiary/aromatic N) is 12. The number of fused-ring (bicyclic) bond motifs is 2. The van der Waals surface area contributed by atoms with E-state index in [9.17, 15) is 18.0 Å². The lowest BCUT2D eigenvalue weighted by molar-refractivity contribution is 0.0984. The zero-order chi connectivity index (χ0) is 44.3. The number of rotatable bonds is 8. The number of sulfonamides is 1. The lowest BCUT2D eigenvalue weighted by Crippen LogP contribution is -2.27. The summed E-state index contributed by atoms with van der Waals surface area (Å²) in [6.45, 7) is 0. The van der Waals surface area contributed by atoms with Crippen molar-refractivity contribution in [1.82, 2.24) is 39.2 Å². The molecule has 0 atom stereocenters. The summed E-state index contributed by atoms with van der Waals surface area (Å²) in [6, 6.07) is 20.4. The highest BCUT2D eigenvalue weighted by Crippen LogP contribution is 2.31. The SMILES string of the molecule is CN(C(=O)c1ccn2ncc(-c3cnc(Cl)c(N)c3)c2c1)c1ccc(C#N)cn1.CN(C(=O)c1ccn2ncc(-c3cnc(Cl)c(NS(C)(=O)=O)c3)c2c1)c1ccc(C#N)cn1. The molecule has 0 saturated carbocycles. The molecule has 308 valence electrons. The maximum absolute atomic E-state index is 13.1. The van der Waals surface area contributed by atoms with Gasteiger partial charge in [-0.25, -0.2) is 37.4 Å². The Morgan fingerprint density at radius 1 is 0.677 bits per heavy atom. The number of anilines is 4. The van der Waals surface area contributed by atoms with Crippen LogP contribution in [0.5, 0.6) is 0 Å². The Balaban J connectivity index is 0.000000188. The number of aromatic nitrogens is 8. The fraction of sp³-hybridized carbons (Fsp3) is 0.0732. The average Bonchev–Trinajstić information content (AvgIpc) is 3.91. The second-order valence-electron chi connectivity index (χ2n) is 13.4. The van der Waals surface area contributed by atoms with E-state index in [1.165, 1.54) is 28.4 Å². The van der Waals surface area contributed by atoms with E-state index in [0.717, 1.165) is 22.9 Å². The number of hydrogen-bond acceptors (Lipinski definition) is 13. The van der Waals surface area contributed by atoms with E-state index in [-0.39, 0.29) is 27.8 Å². The first-order valence-corrected chi connectivity index (χ1v) is 20.6. The maximum atomic E-state index is 13.1. The van der Waals surface area contributed by atoms with Gasteiger partial charge in [0.05, 0.1) is 52.2 Å². The van der Waals surface area contributed by atoms with Crippen molar-refractivity contribution >= 4 is 79.1 Å². The van der Waals surface area contributed by atoms with Crippen LogP contribution in [0.3, 0.4) is 0 Å². The van der Waals surface area contributed by atoms with Gasteiger partial charge in [0.2, 0.25) is 10.0 Å². The Bertz CT molecular complexity index is 3230. The fourth-order valence-electron chi connectivity index (χ4n) is 6.05. The van der Waals surface area contributed by atoms with Crippen LogP contribution in [0.25, 0.3) is 33.3 Å². The normalized spacial score (nSPS) is 11.0.